The molecule has 1 heterocycles. The van der Waals surface area contributed by atoms with Crippen LogP contribution in [-0.2, 0) is 11.2 Å². The Morgan fingerprint density at radius 3 is 2.94 bits per heavy atom. The van der Waals surface area contributed by atoms with Crippen LogP contribution >= 0.6 is 0 Å². The van der Waals surface area contributed by atoms with Gasteiger partial charge in [0.25, 0.3) is 0 Å². The fourth-order valence-electron chi connectivity index (χ4n) is 2.84. The molecule has 1 aromatic carbocycles. The lowest BCUT2D eigenvalue weighted by atomic mass is 9.85. The second-order valence-electron chi connectivity index (χ2n) is 5.06. The molecule has 0 radical (unpaired) electrons. The molecular formula is C14H15NO3. The zero-order valence-corrected chi connectivity index (χ0v) is 10.1. The van der Waals surface area contributed by atoms with E-state index >= 15 is 0 Å². The van der Waals surface area contributed by atoms with Crippen LogP contribution in [0.25, 0.3) is 10.9 Å². The van der Waals surface area contributed by atoms with Crippen molar-refractivity contribution in [3.8, 4) is 0 Å². The number of aryl methyl sites for hydroxylation is 1. The van der Waals surface area contributed by atoms with Crippen molar-refractivity contribution >= 4 is 16.9 Å². The predicted octanol–water partition coefficient (Wildman–Crippen LogP) is 2.16. The summed E-state index contributed by atoms with van der Waals surface area (Å²) in [5.74, 6) is -1.34. The third-order valence-electron chi connectivity index (χ3n) is 3.72. The second-order valence-corrected chi connectivity index (χ2v) is 5.06. The van der Waals surface area contributed by atoms with Gasteiger partial charge in [-0.1, -0.05) is 12.1 Å². The fourth-order valence-corrected chi connectivity index (χ4v) is 2.84. The maximum Gasteiger partial charge on any atom is 0.306 e. The molecule has 0 amide bonds. The number of nitrogens with one attached hydrogen (secondary N) is 1. The van der Waals surface area contributed by atoms with Crippen molar-refractivity contribution in [2.75, 3.05) is 0 Å². The number of aromatic nitrogens is 1. The molecule has 2 atom stereocenters. The number of aromatic amines is 1. The van der Waals surface area contributed by atoms with Gasteiger partial charge in [-0.2, -0.15) is 0 Å². The lowest BCUT2D eigenvalue weighted by Gasteiger charge is -2.23. The van der Waals surface area contributed by atoms with Crippen molar-refractivity contribution in [3.63, 3.8) is 0 Å². The minimum atomic E-state index is -0.838. The first kappa shape index (κ1) is 11.3. The van der Waals surface area contributed by atoms with Gasteiger partial charge in [0.1, 0.15) is 0 Å². The molecule has 1 aromatic heterocycles. The number of carboxylic acids is 1. The molecule has 0 bridgehead atoms. The highest BCUT2D eigenvalue weighted by atomic mass is 16.4. The normalized spacial score (nSPS) is 23.0. The summed E-state index contributed by atoms with van der Waals surface area (Å²) in [5, 5.41) is 20.2. The smallest absolute Gasteiger partial charge is 0.306 e. The van der Waals surface area contributed by atoms with Crippen LogP contribution in [-0.4, -0.2) is 21.2 Å². The third kappa shape index (κ3) is 1.61. The highest BCUT2D eigenvalue weighted by molar-refractivity contribution is 5.86. The number of hydrogen-bond donors (Lipinski definition) is 3. The molecular weight excluding hydrogens is 230 g/mol. The van der Waals surface area contributed by atoms with E-state index in [-0.39, 0.29) is 0 Å². The number of benzene rings is 1. The zero-order valence-electron chi connectivity index (χ0n) is 10.1. The summed E-state index contributed by atoms with van der Waals surface area (Å²) in [6, 6.07) is 6.02. The average molecular weight is 245 g/mol. The van der Waals surface area contributed by atoms with Gasteiger partial charge in [0.15, 0.2) is 0 Å². The quantitative estimate of drug-likeness (QED) is 0.720. The summed E-state index contributed by atoms with van der Waals surface area (Å²) in [6.07, 6.45) is 0.0739. The van der Waals surface area contributed by atoms with Crippen molar-refractivity contribution in [2.45, 2.75) is 25.9 Å². The third-order valence-corrected chi connectivity index (χ3v) is 3.72. The highest BCUT2D eigenvalue weighted by Crippen LogP contribution is 2.38. The number of H-pyrrole nitrogens is 1. The van der Waals surface area contributed by atoms with Gasteiger partial charge in [-0.15, -0.1) is 0 Å². The maximum atomic E-state index is 11.1. The van der Waals surface area contributed by atoms with E-state index in [2.05, 4.69) is 4.98 Å². The number of hydrogen-bond acceptors (Lipinski definition) is 2. The molecule has 3 N–H and O–H groups in total. The monoisotopic (exact) mass is 245 g/mol. The Morgan fingerprint density at radius 1 is 1.44 bits per heavy atom. The first-order chi connectivity index (χ1) is 8.56. The van der Waals surface area contributed by atoms with Gasteiger partial charge in [-0.05, 0) is 25.0 Å². The largest absolute Gasteiger partial charge is 0.481 e. The SMILES string of the molecule is Cc1ccc2c3c([nH]c2c1)CC(C(=O)O)CC3O. The maximum absolute atomic E-state index is 11.1. The van der Waals surface area contributed by atoms with Crippen LogP contribution in [0.1, 0.15) is 29.3 Å². The topological polar surface area (TPSA) is 73.3 Å². The summed E-state index contributed by atoms with van der Waals surface area (Å²) in [5.41, 5.74) is 3.86. The lowest BCUT2D eigenvalue weighted by molar-refractivity contribution is -0.143. The molecule has 1 aliphatic rings. The van der Waals surface area contributed by atoms with Crippen molar-refractivity contribution in [1.29, 1.82) is 0 Å². The Kier molecular flexibility index (Phi) is 2.41. The molecule has 0 saturated carbocycles. The Hall–Kier alpha value is -1.81. The number of aliphatic hydroxyl groups is 1. The Bertz CT molecular complexity index is 629. The van der Waals surface area contributed by atoms with Crippen LogP contribution in [0, 0.1) is 12.8 Å². The number of rotatable bonds is 1. The van der Waals surface area contributed by atoms with Crippen LogP contribution < -0.4 is 0 Å². The summed E-state index contributed by atoms with van der Waals surface area (Å²) in [7, 11) is 0. The Labute approximate surface area is 104 Å². The standard InChI is InChI=1S/C14H15NO3/c1-7-2-3-9-10(4-7)15-11-5-8(14(17)18)6-12(16)13(9)11/h2-4,8,12,15-16H,5-6H2,1H3,(H,17,18). The molecule has 94 valence electrons. The van der Waals surface area contributed by atoms with Crippen LogP contribution in [0.15, 0.2) is 18.2 Å². The van der Waals surface area contributed by atoms with Crippen molar-refractivity contribution in [1.82, 2.24) is 4.98 Å². The van der Waals surface area contributed by atoms with Gasteiger partial charge < -0.3 is 15.2 Å². The molecule has 4 nitrogen and oxygen atoms in total. The number of aliphatic hydroxyl groups excluding tert-OH is 1. The van der Waals surface area contributed by atoms with Crippen LogP contribution in [0.5, 0.6) is 0 Å². The van der Waals surface area contributed by atoms with Crippen LogP contribution in [0.4, 0.5) is 0 Å². The predicted molar refractivity (Wildman–Crippen MR) is 67.4 cm³/mol. The van der Waals surface area contributed by atoms with E-state index in [1.54, 1.807) is 0 Å². The molecule has 0 saturated heterocycles. The van der Waals surface area contributed by atoms with Gasteiger partial charge >= 0.3 is 5.97 Å². The van der Waals surface area contributed by atoms with E-state index in [4.69, 9.17) is 5.11 Å². The molecule has 3 rings (SSSR count). The molecule has 2 unspecified atom stereocenters. The van der Waals surface area contributed by atoms with Gasteiger partial charge in [0.05, 0.1) is 12.0 Å². The fraction of sp³-hybridized carbons (Fsp3) is 0.357. The van der Waals surface area contributed by atoms with E-state index in [1.807, 2.05) is 25.1 Å². The van der Waals surface area contributed by atoms with E-state index in [0.29, 0.717) is 12.8 Å². The van der Waals surface area contributed by atoms with Gasteiger partial charge in [-0.25, -0.2) is 0 Å². The lowest BCUT2D eigenvalue weighted by Crippen LogP contribution is -2.24. The summed E-state index contributed by atoms with van der Waals surface area (Å²) in [6.45, 7) is 2.01. The molecule has 0 fully saturated rings. The minimum absolute atomic E-state index is 0.295. The molecule has 2 aromatic rings. The van der Waals surface area contributed by atoms with E-state index in [1.165, 1.54) is 0 Å². The molecule has 1 aliphatic carbocycles. The summed E-state index contributed by atoms with van der Waals surface area (Å²) < 4.78 is 0. The Balaban J connectivity index is 2.15. The summed E-state index contributed by atoms with van der Waals surface area (Å²) >= 11 is 0. The van der Waals surface area contributed by atoms with E-state index < -0.39 is 18.0 Å². The van der Waals surface area contributed by atoms with Gasteiger partial charge in [-0.3, -0.25) is 4.79 Å². The van der Waals surface area contributed by atoms with Crippen LogP contribution in [0.3, 0.4) is 0 Å². The molecule has 0 spiro atoms. The van der Waals surface area contributed by atoms with Crippen molar-refractivity contribution in [3.05, 3.63) is 35.0 Å². The van der Waals surface area contributed by atoms with Crippen molar-refractivity contribution < 1.29 is 15.0 Å². The van der Waals surface area contributed by atoms with Crippen LogP contribution in [0.2, 0.25) is 0 Å². The number of fused-ring (bicyclic) bond motifs is 3. The zero-order chi connectivity index (χ0) is 12.9. The number of carboxylic acid groups (broad SMARTS) is 1. The Morgan fingerprint density at radius 2 is 2.22 bits per heavy atom. The van der Waals surface area contributed by atoms with Gasteiger partial charge in [0, 0.05) is 28.6 Å². The summed E-state index contributed by atoms with van der Waals surface area (Å²) in [4.78, 5) is 14.3. The first-order valence-corrected chi connectivity index (χ1v) is 6.08. The first-order valence-electron chi connectivity index (χ1n) is 6.08. The number of carbonyl (C=O) groups is 1. The molecule has 4 heteroatoms. The van der Waals surface area contributed by atoms with E-state index in [0.717, 1.165) is 27.7 Å². The second kappa shape index (κ2) is 3.85. The van der Waals surface area contributed by atoms with Gasteiger partial charge in [0.2, 0.25) is 0 Å². The average Bonchev–Trinajstić information content (AvgIpc) is 2.66. The van der Waals surface area contributed by atoms with Crippen molar-refractivity contribution in [2.24, 2.45) is 5.92 Å². The molecule has 0 aliphatic heterocycles. The molecule has 18 heavy (non-hydrogen) atoms. The van der Waals surface area contributed by atoms with E-state index in [9.17, 15) is 9.90 Å². The highest BCUT2D eigenvalue weighted by Gasteiger charge is 2.32. The minimum Gasteiger partial charge on any atom is -0.481 e. The number of aliphatic carboxylic acids is 1.